The number of hydrogen-bond acceptors (Lipinski definition) is 1. The molecule has 0 aliphatic carbocycles. The molecule has 2 heterocycles. The van der Waals surface area contributed by atoms with Crippen molar-refractivity contribution < 1.29 is 0 Å². The van der Waals surface area contributed by atoms with Gasteiger partial charge in [-0.25, -0.2) is 0 Å². The largest absolute Gasteiger partial charge is 0.310 e. The summed E-state index contributed by atoms with van der Waals surface area (Å²) in [7, 11) is 0. The van der Waals surface area contributed by atoms with Crippen LogP contribution in [-0.4, -0.2) is 9.13 Å². The second-order valence-electron chi connectivity index (χ2n) is 16.1. The Morgan fingerprint density at radius 3 is 0.952 bits per heavy atom. The molecule has 0 bridgehead atoms. The van der Waals surface area contributed by atoms with Crippen molar-refractivity contribution in [3.8, 4) is 44.8 Å². The standard InChI is InChI=1S/C60H41N3/c1-2-14-46(15-3-1)51-16-4-9-21-56(51)61(47-34-26-42(27-35-47)44-30-38-49(39-31-44)62-57-22-10-5-17-52(57)53-18-6-11-23-58(53)62)48-36-28-43(29-37-48)45-32-40-50(41-33-45)63-59-24-12-7-19-54(59)55-20-8-13-25-60(55)63/h1-41H. The van der Waals surface area contributed by atoms with Crippen LogP contribution in [0, 0.1) is 0 Å². The minimum absolute atomic E-state index is 1.09. The first-order valence-electron chi connectivity index (χ1n) is 21.6. The van der Waals surface area contributed by atoms with Gasteiger partial charge in [0.05, 0.1) is 27.8 Å². The highest BCUT2D eigenvalue weighted by Crippen LogP contribution is 2.42. The number of nitrogens with zero attached hydrogens (tertiary/aromatic N) is 3. The van der Waals surface area contributed by atoms with Crippen molar-refractivity contribution in [3.63, 3.8) is 0 Å². The number of anilines is 3. The van der Waals surface area contributed by atoms with Gasteiger partial charge in [-0.1, -0.05) is 170 Å². The molecule has 3 heteroatoms. The molecule has 12 aromatic rings. The maximum Gasteiger partial charge on any atom is 0.0541 e. The predicted octanol–water partition coefficient (Wildman–Crippen LogP) is 16.4. The Morgan fingerprint density at radius 1 is 0.238 bits per heavy atom. The van der Waals surface area contributed by atoms with E-state index in [1.54, 1.807) is 0 Å². The Balaban J connectivity index is 0.886. The SMILES string of the molecule is c1ccc(-c2ccccc2N(c2ccc(-c3ccc(-n4c5ccccc5c5ccccc54)cc3)cc2)c2ccc(-c3ccc(-n4c5ccccc5c5ccccc54)cc3)cc2)cc1. The Morgan fingerprint density at radius 2 is 0.556 bits per heavy atom. The van der Waals surface area contributed by atoms with Gasteiger partial charge in [0.2, 0.25) is 0 Å². The quantitative estimate of drug-likeness (QED) is 0.149. The summed E-state index contributed by atoms with van der Waals surface area (Å²) >= 11 is 0. The lowest BCUT2D eigenvalue weighted by Gasteiger charge is -2.28. The van der Waals surface area contributed by atoms with Crippen molar-refractivity contribution in [2.45, 2.75) is 0 Å². The third-order valence-electron chi connectivity index (χ3n) is 12.6. The van der Waals surface area contributed by atoms with Crippen molar-refractivity contribution in [2.24, 2.45) is 0 Å². The van der Waals surface area contributed by atoms with E-state index in [0.29, 0.717) is 0 Å². The first-order chi connectivity index (χ1) is 31.3. The summed E-state index contributed by atoms with van der Waals surface area (Å²) in [4.78, 5) is 2.38. The first kappa shape index (κ1) is 36.5. The van der Waals surface area contributed by atoms with E-state index in [-0.39, 0.29) is 0 Å². The van der Waals surface area contributed by atoms with Crippen molar-refractivity contribution in [1.82, 2.24) is 9.13 Å². The normalized spacial score (nSPS) is 11.5. The Bertz CT molecular complexity index is 3270. The van der Waals surface area contributed by atoms with Crippen molar-refractivity contribution in [3.05, 3.63) is 249 Å². The predicted molar refractivity (Wildman–Crippen MR) is 266 cm³/mol. The molecule has 10 aromatic carbocycles. The van der Waals surface area contributed by atoms with E-state index in [1.165, 1.54) is 77.0 Å². The third-order valence-corrected chi connectivity index (χ3v) is 12.6. The number of hydrogen-bond donors (Lipinski definition) is 0. The second-order valence-corrected chi connectivity index (χ2v) is 16.1. The maximum absolute atomic E-state index is 2.38. The highest BCUT2D eigenvalue weighted by atomic mass is 15.1. The monoisotopic (exact) mass is 803 g/mol. The lowest BCUT2D eigenvalue weighted by Crippen LogP contribution is -2.11. The highest BCUT2D eigenvalue weighted by molar-refractivity contribution is 6.10. The van der Waals surface area contributed by atoms with E-state index < -0.39 is 0 Å². The van der Waals surface area contributed by atoms with Gasteiger partial charge >= 0.3 is 0 Å². The highest BCUT2D eigenvalue weighted by Gasteiger charge is 2.18. The molecular weight excluding hydrogens is 763 g/mol. The number of fused-ring (bicyclic) bond motifs is 6. The lowest BCUT2D eigenvalue weighted by atomic mass is 10.00. The molecular formula is C60H41N3. The van der Waals surface area contributed by atoms with Crippen LogP contribution in [0.25, 0.3) is 88.4 Å². The summed E-state index contributed by atoms with van der Waals surface area (Å²) in [5.74, 6) is 0. The molecule has 0 atom stereocenters. The minimum Gasteiger partial charge on any atom is -0.310 e. The molecule has 63 heavy (non-hydrogen) atoms. The molecule has 0 aliphatic rings. The zero-order valence-corrected chi connectivity index (χ0v) is 34.5. The number of rotatable bonds is 8. The fraction of sp³-hybridized carbons (Fsp3) is 0. The van der Waals surface area contributed by atoms with Crippen LogP contribution in [-0.2, 0) is 0 Å². The van der Waals surface area contributed by atoms with Crippen LogP contribution in [0.5, 0.6) is 0 Å². The lowest BCUT2D eigenvalue weighted by molar-refractivity contribution is 1.18. The third kappa shape index (κ3) is 6.29. The van der Waals surface area contributed by atoms with E-state index in [2.05, 4.69) is 263 Å². The van der Waals surface area contributed by atoms with Gasteiger partial charge < -0.3 is 14.0 Å². The van der Waals surface area contributed by atoms with E-state index in [1.807, 2.05) is 0 Å². The summed E-state index contributed by atoms with van der Waals surface area (Å²) in [6.45, 7) is 0. The van der Waals surface area contributed by atoms with Crippen molar-refractivity contribution in [1.29, 1.82) is 0 Å². The van der Waals surface area contributed by atoms with Crippen LogP contribution >= 0.6 is 0 Å². The minimum atomic E-state index is 1.09. The van der Waals surface area contributed by atoms with Crippen molar-refractivity contribution >= 4 is 60.7 Å². The van der Waals surface area contributed by atoms with Crippen LogP contribution in [0.4, 0.5) is 17.1 Å². The molecule has 0 saturated heterocycles. The fourth-order valence-corrected chi connectivity index (χ4v) is 9.57. The second kappa shape index (κ2) is 15.3. The molecule has 0 N–H and O–H groups in total. The van der Waals surface area contributed by atoms with Crippen molar-refractivity contribution in [2.75, 3.05) is 4.90 Å². The van der Waals surface area contributed by atoms with Crippen LogP contribution in [0.3, 0.4) is 0 Å². The molecule has 3 nitrogen and oxygen atoms in total. The Labute approximate surface area is 366 Å². The van der Waals surface area contributed by atoms with Gasteiger partial charge in [-0.2, -0.15) is 0 Å². The van der Waals surface area contributed by atoms with Crippen LogP contribution < -0.4 is 4.90 Å². The zero-order valence-electron chi connectivity index (χ0n) is 34.5. The molecule has 0 unspecified atom stereocenters. The number of benzene rings is 10. The van der Waals surface area contributed by atoms with Gasteiger partial charge in [0.1, 0.15) is 0 Å². The van der Waals surface area contributed by atoms with Gasteiger partial charge in [-0.05, 0) is 107 Å². The molecule has 0 aliphatic heterocycles. The Hall–Kier alpha value is -8.40. The van der Waals surface area contributed by atoms with E-state index >= 15 is 0 Å². The zero-order chi connectivity index (χ0) is 41.7. The smallest absolute Gasteiger partial charge is 0.0541 e. The van der Waals surface area contributed by atoms with Gasteiger partial charge in [-0.15, -0.1) is 0 Å². The van der Waals surface area contributed by atoms with Gasteiger partial charge in [0, 0.05) is 49.9 Å². The molecule has 0 fully saturated rings. The Kier molecular flexibility index (Phi) is 8.83. The van der Waals surface area contributed by atoms with Gasteiger partial charge in [-0.3, -0.25) is 0 Å². The summed E-state index contributed by atoms with van der Waals surface area (Å²) in [6, 6.07) is 90.0. The van der Waals surface area contributed by atoms with E-state index in [0.717, 1.165) is 28.4 Å². The molecule has 12 rings (SSSR count). The van der Waals surface area contributed by atoms with Crippen LogP contribution in [0.15, 0.2) is 249 Å². The number of para-hydroxylation sites is 5. The molecule has 296 valence electrons. The average Bonchev–Trinajstić information content (AvgIpc) is 3.88. The summed E-state index contributed by atoms with van der Waals surface area (Å²) in [6.07, 6.45) is 0. The molecule has 0 radical (unpaired) electrons. The molecule has 2 aromatic heterocycles. The topological polar surface area (TPSA) is 13.1 Å². The molecule has 0 saturated carbocycles. The summed E-state index contributed by atoms with van der Waals surface area (Å²) in [5, 5.41) is 5.08. The molecule has 0 spiro atoms. The summed E-state index contributed by atoms with van der Waals surface area (Å²) in [5.41, 5.74) is 17.5. The fourth-order valence-electron chi connectivity index (χ4n) is 9.57. The van der Waals surface area contributed by atoms with Gasteiger partial charge in [0.25, 0.3) is 0 Å². The van der Waals surface area contributed by atoms with E-state index in [4.69, 9.17) is 0 Å². The first-order valence-corrected chi connectivity index (χ1v) is 21.6. The van der Waals surface area contributed by atoms with Gasteiger partial charge in [0.15, 0.2) is 0 Å². The van der Waals surface area contributed by atoms with Crippen LogP contribution in [0.2, 0.25) is 0 Å². The van der Waals surface area contributed by atoms with Crippen LogP contribution in [0.1, 0.15) is 0 Å². The molecule has 0 amide bonds. The average molecular weight is 804 g/mol. The maximum atomic E-state index is 2.38. The summed E-state index contributed by atoms with van der Waals surface area (Å²) < 4.78 is 4.74. The van der Waals surface area contributed by atoms with E-state index in [9.17, 15) is 0 Å². The number of aromatic nitrogens is 2.